The van der Waals surface area contributed by atoms with E-state index in [0.29, 0.717) is 23.6 Å². The summed E-state index contributed by atoms with van der Waals surface area (Å²) in [7, 11) is 0. The fourth-order valence-corrected chi connectivity index (χ4v) is 7.45. The molecule has 0 amide bonds. The first-order valence-electron chi connectivity index (χ1n) is 15.3. The topological polar surface area (TPSA) is 46.5 Å². The number of fused-ring (bicyclic) bond motifs is 1. The van der Waals surface area contributed by atoms with Crippen LogP contribution < -0.4 is 24.0 Å². The van der Waals surface area contributed by atoms with Crippen LogP contribution in [0.3, 0.4) is 0 Å². The summed E-state index contributed by atoms with van der Waals surface area (Å²) in [6.45, 7) is 26.4. The first kappa shape index (κ1) is 35.1. The smallest absolute Gasteiger partial charge is 1.00 e. The number of hydrogen-bond acceptors (Lipinski definition) is 2. The first-order chi connectivity index (χ1) is 18.7. The molecule has 2 aliphatic rings. The number of aromatic hydroxyl groups is 2. The molecule has 2 atom stereocenters. The second-order valence-electron chi connectivity index (χ2n) is 16.3. The summed E-state index contributed by atoms with van der Waals surface area (Å²) in [6, 6.07) is 9.47. The zero-order valence-electron chi connectivity index (χ0n) is 27.9. The van der Waals surface area contributed by atoms with Crippen molar-refractivity contribution in [2.75, 3.05) is 0 Å². The van der Waals surface area contributed by atoms with Crippen LogP contribution in [-0.4, -0.2) is 42.0 Å². The Morgan fingerprint density at radius 2 is 0.929 bits per heavy atom. The van der Waals surface area contributed by atoms with Crippen LogP contribution in [0.25, 0.3) is 0 Å². The molecule has 2 N–H and O–H groups in total. The van der Waals surface area contributed by atoms with Gasteiger partial charge in [-0.3, -0.25) is 0 Å². The predicted molar refractivity (Wildman–Crippen MR) is 168 cm³/mol. The van der Waals surface area contributed by atoms with Gasteiger partial charge in [0.2, 0.25) is 0 Å². The van der Waals surface area contributed by atoms with Crippen LogP contribution in [-0.2, 0) is 36.8 Å². The Kier molecular flexibility index (Phi) is 10.2. The van der Waals surface area contributed by atoms with E-state index in [9.17, 15) is 10.2 Å². The van der Waals surface area contributed by atoms with Gasteiger partial charge in [0.1, 0.15) is 0 Å². The van der Waals surface area contributed by atoms with E-state index in [0.717, 1.165) is 50.2 Å². The molecule has 235 valence electrons. The molecule has 0 unspecified atom stereocenters. The third kappa shape index (κ3) is 7.45. The molecule has 1 aliphatic heterocycles. The second kappa shape index (κ2) is 12.2. The van der Waals surface area contributed by atoms with Crippen LogP contribution in [0.4, 0.5) is 0 Å². The molecule has 1 saturated carbocycles. The van der Waals surface area contributed by atoms with Gasteiger partial charge in [0.15, 0.2) is 0 Å². The largest absolute Gasteiger partial charge is 1.00 e. The van der Waals surface area contributed by atoms with Crippen molar-refractivity contribution in [1.29, 1.82) is 0 Å². The Morgan fingerprint density at radius 1 is 0.595 bits per heavy atom. The van der Waals surface area contributed by atoms with Gasteiger partial charge in [-0.1, -0.05) is 0 Å². The maximum Gasteiger partial charge on any atom is -1.00 e. The number of halogens is 1. The van der Waals surface area contributed by atoms with E-state index in [4.69, 9.17) is 0 Å². The monoisotopic (exact) mass is 732 g/mol. The molecule has 1 aliphatic carbocycles. The van der Waals surface area contributed by atoms with Crippen LogP contribution in [0.1, 0.15) is 142 Å². The number of rotatable bonds is 2. The molecule has 1 saturated heterocycles. The van der Waals surface area contributed by atoms with Crippen molar-refractivity contribution in [2.24, 2.45) is 0 Å². The van der Waals surface area contributed by atoms with Crippen molar-refractivity contribution >= 4 is 12.4 Å². The van der Waals surface area contributed by atoms with E-state index in [1.165, 1.54) is 24.0 Å². The minimum atomic E-state index is -0.163. The molecular weight excluding hydrogens is 678 g/mol. The van der Waals surface area contributed by atoms with Gasteiger partial charge in [-0.2, -0.15) is 0 Å². The van der Waals surface area contributed by atoms with Crippen molar-refractivity contribution in [2.45, 2.75) is 143 Å². The van der Waals surface area contributed by atoms with Gasteiger partial charge in [0, 0.05) is 0 Å². The maximum atomic E-state index is 11.5. The average molecular weight is 733 g/mol. The first-order valence-corrected chi connectivity index (χ1v) is 16.2. The zero-order valence-corrected chi connectivity index (χ0v) is 31.1. The number of phenols is 2. The molecule has 42 heavy (non-hydrogen) atoms. The Labute approximate surface area is 279 Å². The molecule has 0 bridgehead atoms. The fraction of sp³-hybridized carbons (Fsp3) is 0.611. The van der Waals surface area contributed by atoms with Crippen molar-refractivity contribution in [3.8, 4) is 11.5 Å². The SMILES string of the molecule is CC(C)(C)c1cc(C=[N+]2[Co][N+](=Cc3cc(C(C)(C)C)cc(C(C)(C)C)c3O)[C@@H]3CCCC[C@H]32)c(O)c(C(C)(C)C)c1.[I-]. The molecule has 0 spiro atoms. The van der Waals surface area contributed by atoms with E-state index >= 15 is 0 Å². The van der Waals surface area contributed by atoms with E-state index in [1.54, 1.807) is 0 Å². The number of benzene rings is 2. The number of phenolic OH excluding ortho intramolecular Hbond substituents is 2. The fourth-order valence-electron chi connectivity index (χ4n) is 5.83. The zero-order chi connectivity index (χ0) is 30.7. The molecule has 2 aromatic rings. The maximum absolute atomic E-state index is 11.5. The number of nitrogens with zero attached hydrogens (tertiary/aromatic N) is 2. The minimum Gasteiger partial charge on any atom is -1.00 e. The summed E-state index contributed by atoms with van der Waals surface area (Å²) in [5, 5.41) is 23.0. The van der Waals surface area contributed by atoms with E-state index in [2.05, 4.69) is 127 Å². The summed E-state index contributed by atoms with van der Waals surface area (Å²) in [6.07, 6.45) is 9.09. The van der Waals surface area contributed by atoms with Crippen molar-refractivity contribution < 1.29 is 56.6 Å². The van der Waals surface area contributed by atoms with Gasteiger partial charge in [-0.05, 0) is 0 Å². The van der Waals surface area contributed by atoms with Crippen molar-refractivity contribution in [3.05, 3.63) is 57.6 Å². The third-order valence-electron chi connectivity index (χ3n) is 8.59. The van der Waals surface area contributed by atoms with E-state index < -0.39 is 0 Å². The summed E-state index contributed by atoms with van der Waals surface area (Å²) >= 11 is 1.10. The Balaban J connectivity index is 0.00000484. The standard InChI is InChI=1S/C36H54N2O2.Co.HI/c1-33(2,3)25-17-23(31(39)27(19-25)35(7,8)9)21-37-29-15-13-14-16-30(29)38-22-24-18-26(34(4,5)6)20-28(32(24)40)36(10,11)12;;/h17-22,29-30,39-40H,13-16H2,1-12H3;;1H/q;+2;/p-1/t29-,30-;;/m1../s1. The normalized spacial score (nSPS) is 22.1. The van der Waals surface area contributed by atoms with Gasteiger partial charge >= 0.3 is 257 Å². The quantitative estimate of drug-likeness (QED) is 0.423. The minimum absolute atomic E-state index is 0. The third-order valence-corrected chi connectivity index (χ3v) is 10.0. The van der Waals surface area contributed by atoms with Gasteiger partial charge in [-0.15, -0.1) is 0 Å². The average Bonchev–Trinajstić information content (AvgIpc) is 3.15. The van der Waals surface area contributed by atoms with Gasteiger partial charge in [0.05, 0.1) is 0 Å². The molecule has 2 aromatic carbocycles. The van der Waals surface area contributed by atoms with Crippen molar-refractivity contribution in [1.82, 2.24) is 0 Å². The summed E-state index contributed by atoms with van der Waals surface area (Å²) < 4.78 is 4.83. The Morgan fingerprint density at radius 3 is 1.21 bits per heavy atom. The molecule has 4 nitrogen and oxygen atoms in total. The Hall–Kier alpha value is -1.38. The molecular formula is C36H54CoIN2O2+. The number of hydrogen-bond donors (Lipinski definition) is 2. The predicted octanol–water partition coefficient (Wildman–Crippen LogP) is 5.09. The Bertz CT molecular complexity index is 1280. The molecule has 6 heteroatoms. The van der Waals surface area contributed by atoms with E-state index in [1.807, 2.05) is 0 Å². The van der Waals surface area contributed by atoms with Crippen LogP contribution in [0.5, 0.6) is 11.5 Å². The van der Waals surface area contributed by atoms with Gasteiger partial charge < -0.3 is 24.0 Å². The van der Waals surface area contributed by atoms with Crippen LogP contribution in [0.2, 0.25) is 0 Å². The van der Waals surface area contributed by atoms with Gasteiger partial charge in [0.25, 0.3) is 0 Å². The van der Waals surface area contributed by atoms with Crippen molar-refractivity contribution in [3.63, 3.8) is 0 Å². The summed E-state index contributed by atoms with van der Waals surface area (Å²) in [5.74, 6) is 0.778. The van der Waals surface area contributed by atoms with E-state index in [-0.39, 0.29) is 45.6 Å². The van der Waals surface area contributed by atoms with Crippen LogP contribution >= 0.6 is 0 Å². The summed E-state index contributed by atoms with van der Waals surface area (Å²) in [4.78, 5) is 0. The molecule has 0 aromatic heterocycles. The van der Waals surface area contributed by atoms with Crippen LogP contribution in [0, 0.1) is 0 Å². The molecule has 0 radical (unpaired) electrons. The molecule has 4 rings (SSSR count). The molecule has 1 heterocycles. The van der Waals surface area contributed by atoms with Gasteiger partial charge in [-0.25, -0.2) is 0 Å². The second-order valence-corrected chi connectivity index (χ2v) is 17.6. The molecule has 2 fully saturated rings. The van der Waals surface area contributed by atoms with Crippen LogP contribution in [0.15, 0.2) is 24.3 Å². The summed E-state index contributed by atoms with van der Waals surface area (Å²) in [5.41, 5.74) is 5.89.